The van der Waals surface area contributed by atoms with Crippen molar-refractivity contribution in [2.45, 2.75) is 56.2 Å². The average molecular weight is 224 g/mol. The number of aliphatic hydroxyl groups is 1. The molecule has 1 spiro atoms. The second kappa shape index (κ2) is 4.70. The van der Waals surface area contributed by atoms with Crippen LogP contribution in [0.15, 0.2) is 25.3 Å². The van der Waals surface area contributed by atoms with Crippen LogP contribution in [0, 0.1) is 0 Å². The Morgan fingerprint density at radius 1 is 1.19 bits per heavy atom. The zero-order valence-corrected chi connectivity index (χ0v) is 9.60. The zero-order valence-electron chi connectivity index (χ0n) is 9.60. The summed E-state index contributed by atoms with van der Waals surface area (Å²) < 4.78 is 11.9. The Labute approximate surface area is 96.7 Å². The fourth-order valence-electron chi connectivity index (χ4n) is 2.56. The average Bonchev–Trinajstić information content (AvgIpc) is 2.68. The molecule has 3 nitrogen and oxygen atoms in total. The van der Waals surface area contributed by atoms with Gasteiger partial charge in [0.25, 0.3) is 0 Å². The van der Waals surface area contributed by atoms with Gasteiger partial charge in [-0.15, -0.1) is 13.2 Å². The third kappa shape index (κ3) is 2.08. The molecule has 2 fully saturated rings. The molecule has 1 heterocycles. The first-order valence-electron chi connectivity index (χ1n) is 5.99. The molecule has 1 N–H and O–H groups in total. The summed E-state index contributed by atoms with van der Waals surface area (Å²) in [5.41, 5.74) is 0. The van der Waals surface area contributed by atoms with E-state index in [2.05, 4.69) is 13.2 Å². The van der Waals surface area contributed by atoms with E-state index in [0.29, 0.717) is 0 Å². The van der Waals surface area contributed by atoms with E-state index in [1.54, 1.807) is 6.08 Å². The van der Waals surface area contributed by atoms with Gasteiger partial charge in [-0.1, -0.05) is 18.6 Å². The molecular formula is C13H20O3. The number of hydrogen-bond donors (Lipinski definition) is 1. The van der Waals surface area contributed by atoms with E-state index in [4.69, 9.17) is 9.47 Å². The SMILES string of the molecule is C=CC(O)[C@H]1OC2(CCCCC2)O[C@H]1C=C. The molecule has 0 radical (unpaired) electrons. The maximum atomic E-state index is 9.80. The Morgan fingerprint density at radius 3 is 2.44 bits per heavy atom. The first-order chi connectivity index (χ1) is 7.71. The standard InChI is InChI=1S/C13H20O3/c1-3-10(14)12-11(4-2)15-13(16-12)8-6-5-7-9-13/h3-4,10-12,14H,1-2,5-9H2/t10?,11-,12+/m0/s1. The van der Waals surface area contributed by atoms with Gasteiger partial charge in [-0.25, -0.2) is 0 Å². The van der Waals surface area contributed by atoms with Gasteiger partial charge in [0.05, 0.1) is 0 Å². The number of aliphatic hydroxyl groups excluding tert-OH is 1. The van der Waals surface area contributed by atoms with E-state index in [-0.39, 0.29) is 12.2 Å². The molecule has 0 bridgehead atoms. The second-order valence-electron chi connectivity index (χ2n) is 4.60. The zero-order chi connectivity index (χ0) is 11.6. The molecule has 0 aromatic rings. The number of ether oxygens (including phenoxy) is 2. The molecule has 0 amide bonds. The van der Waals surface area contributed by atoms with Crippen LogP contribution in [0.4, 0.5) is 0 Å². The molecule has 3 heteroatoms. The lowest BCUT2D eigenvalue weighted by Gasteiger charge is -2.32. The molecule has 1 saturated carbocycles. The van der Waals surface area contributed by atoms with Crippen LogP contribution in [0.1, 0.15) is 32.1 Å². The highest BCUT2D eigenvalue weighted by Gasteiger charge is 2.48. The van der Waals surface area contributed by atoms with Crippen molar-refractivity contribution in [2.75, 3.05) is 0 Å². The van der Waals surface area contributed by atoms with Crippen LogP contribution in [0.2, 0.25) is 0 Å². The van der Waals surface area contributed by atoms with Crippen LogP contribution < -0.4 is 0 Å². The van der Waals surface area contributed by atoms with Crippen molar-refractivity contribution in [3.8, 4) is 0 Å². The van der Waals surface area contributed by atoms with Crippen molar-refractivity contribution < 1.29 is 14.6 Å². The summed E-state index contributed by atoms with van der Waals surface area (Å²) in [7, 11) is 0. The predicted octanol–water partition coefficient (Wildman–Crippen LogP) is 2.16. The predicted molar refractivity (Wildman–Crippen MR) is 62.0 cm³/mol. The van der Waals surface area contributed by atoms with Gasteiger partial charge in [0, 0.05) is 12.8 Å². The van der Waals surface area contributed by atoms with Gasteiger partial charge in [-0.2, -0.15) is 0 Å². The van der Waals surface area contributed by atoms with Crippen molar-refractivity contribution in [3.63, 3.8) is 0 Å². The van der Waals surface area contributed by atoms with Crippen molar-refractivity contribution >= 4 is 0 Å². The Hall–Kier alpha value is -0.640. The van der Waals surface area contributed by atoms with Gasteiger partial charge in [0.1, 0.15) is 18.3 Å². The Bertz CT molecular complexity index is 268. The highest BCUT2D eigenvalue weighted by Crippen LogP contribution is 2.41. The maximum absolute atomic E-state index is 9.80. The molecule has 0 aromatic heterocycles. The summed E-state index contributed by atoms with van der Waals surface area (Å²) in [6.45, 7) is 7.32. The lowest BCUT2D eigenvalue weighted by Crippen LogP contribution is -2.35. The number of hydrogen-bond acceptors (Lipinski definition) is 3. The van der Waals surface area contributed by atoms with Gasteiger partial charge < -0.3 is 14.6 Å². The summed E-state index contributed by atoms with van der Waals surface area (Å²) in [4.78, 5) is 0. The van der Waals surface area contributed by atoms with Gasteiger partial charge in [0.2, 0.25) is 0 Å². The quantitative estimate of drug-likeness (QED) is 0.747. The molecule has 1 unspecified atom stereocenters. The molecule has 90 valence electrons. The molecule has 1 aliphatic carbocycles. The van der Waals surface area contributed by atoms with Gasteiger partial charge in [0.15, 0.2) is 5.79 Å². The second-order valence-corrected chi connectivity index (χ2v) is 4.60. The van der Waals surface area contributed by atoms with E-state index in [0.717, 1.165) is 25.7 Å². The minimum Gasteiger partial charge on any atom is -0.386 e. The molecule has 1 aliphatic heterocycles. The lowest BCUT2D eigenvalue weighted by molar-refractivity contribution is -0.196. The lowest BCUT2D eigenvalue weighted by atomic mass is 9.94. The summed E-state index contributed by atoms with van der Waals surface area (Å²) in [6, 6.07) is 0. The van der Waals surface area contributed by atoms with Crippen LogP contribution in [0.5, 0.6) is 0 Å². The summed E-state index contributed by atoms with van der Waals surface area (Å²) in [5.74, 6) is -0.480. The molecular weight excluding hydrogens is 204 g/mol. The summed E-state index contributed by atoms with van der Waals surface area (Å²) in [6.07, 6.45) is 7.25. The highest BCUT2D eigenvalue weighted by atomic mass is 16.8. The highest BCUT2D eigenvalue weighted by molar-refractivity contribution is 5.02. The monoisotopic (exact) mass is 224 g/mol. The third-order valence-corrected chi connectivity index (χ3v) is 3.45. The van der Waals surface area contributed by atoms with E-state index in [9.17, 15) is 5.11 Å². The van der Waals surface area contributed by atoms with E-state index < -0.39 is 11.9 Å². The Kier molecular flexibility index (Phi) is 3.47. The normalized spacial score (nSPS) is 34.8. The van der Waals surface area contributed by atoms with Crippen LogP contribution in [-0.2, 0) is 9.47 Å². The van der Waals surface area contributed by atoms with Crippen LogP contribution >= 0.6 is 0 Å². The van der Waals surface area contributed by atoms with Crippen molar-refractivity contribution in [1.29, 1.82) is 0 Å². The minimum atomic E-state index is -0.690. The first kappa shape index (κ1) is 11.8. The fraction of sp³-hybridized carbons (Fsp3) is 0.692. The smallest absolute Gasteiger partial charge is 0.169 e. The van der Waals surface area contributed by atoms with Crippen LogP contribution in [0.3, 0.4) is 0 Å². The molecule has 2 aliphatic rings. The van der Waals surface area contributed by atoms with Gasteiger partial charge in [-0.05, 0) is 12.8 Å². The third-order valence-electron chi connectivity index (χ3n) is 3.45. The van der Waals surface area contributed by atoms with E-state index in [1.807, 2.05) is 0 Å². The Morgan fingerprint density at radius 2 is 1.88 bits per heavy atom. The Balaban J connectivity index is 2.10. The molecule has 2 rings (SSSR count). The van der Waals surface area contributed by atoms with Gasteiger partial charge in [-0.3, -0.25) is 0 Å². The van der Waals surface area contributed by atoms with E-state index in [1.165, 1.54) is 12.5 Å². The topological polar surface area (TPSA) is 38.7 Å². The summed E-state index contributed by atoms with van der Waals surface area (Å²) in [5, 5.41) is 9.80. The van der Waals surface area contributed by atoms with Gasteiger partial charge >= 0.3 is 0 Å². The molecule has 1 saturated heterocycles. The minimum absolute atomic E-state index is 0.230. The first-order valence-corrected chi connectivity index (χ1v) is 5.99. The number of rotatable bonds is 3. The molecule has 16 heavy (non-hydrogen) atoms. The van der Waals surface area contributed by atoms with Crippen molar-refractivity contribution in [3.05, 3.63) is 25.3 Å². The largest absolute Gasteiger partial charge is 0.386 e. The fourth-order valence-corrected chi connectivity index (χ4v) is 2.56. The molecule has 3 atom stereocenters. The van der Waals surface area contributed by atoms with Crippen molar-refractivity contribution in [1.82, 2.24) is 0 Å². The maximum Gasteiger partial charge on any atom is 0.169 e. The van der Waals surface area contributed by atoms with E-state index >= 15 is 0 Å². The van der Waals surface area contributed by atoms with Crippen LogP contribution in [-0.4, -0.2) is 29.2 Å². The van der Waals surface area contributed by atoms with Crippen LogP contribution in [0.25, 0.3) is 0 Å². The summed E-state index contributed by atoms with van der Waals surface area (Å²) >= 11 is 0. The molecule has 0 aromatic carbocycles. The van der Waals surface area contributed by atoms with Crippen molar-refractivity contribution in [2.24, 2.45) is 0 Å².